The van der Waals surface area contributed by atoms with Crippen molar-refractivity contribution in [1.29, 1.82) is 0 Å². The number of hydrogen-bond acceptors (Lipinski definition) is 6. The predicted octanol–water partition coefficient (Wildman–Crippen LogP) is 2.51. The third kappa shape index (κ3) is 5.47. The van der Waals surface area contributed by atoms with Gasteiger partial charge < -0.3 is 19.9 Å². The minimum atomic E-state index is -0.488. The molecule has 2 aromatic rings. The van der Waals surface area contributed by atoms with Gasteiger partial charge in [-0.3, -0.25) is 19.3 Å². The van der Waals surface area contributed by atoms with Crippen LogP contribution in [0, 0.1) is 5.92 Å². The quantitative estimate of drug-likeness (QED) is 0.648. The van der Waals surface area contributed by atoms with E-state index in [4.69, 9.17) is 4.74 Å². The number of anilines is 1. The number of amides is 2. The van der Waals surface area contributed by atoms with Crippen molar-refractivity contribution < 1.29 is 14.3 Å². The van der Waals surface area contributed by atoms with Crippen LogP contribution in [0.25, 0.3) is 0 Å². The van der Waals surface area contributed by atoms with Crippen LogP contribution in [0.5, 0.6) is 5.75 Å². The van der Waals surface area contributed by atoms with Crippen LogP contribution in [-0.4, -0.2) is 69.4 Å². The lowest BCUT2D eigenvalue weighted by atomic mass is 9.86. The largest absolute Gasteiger partial charge is 0.492 e. The molecule has 2 amide bonds. The standard InChI is InChI=1S/C25H33N5O4/c1-17(23(32)28-21-9-8-20(14-26-21)34-15-18-5-4-6-18)29-11-12-30(25(2,3)16-29)24(33)19-7-10-22(31)27-13-19/h7-10,13-14,17-18H,4-6,11-12,15-16H2,1-3H3,(H,27,31)(H,26,28,32)/t17-/m1/s1. The summed E-state index contributed by atoms with van der Waals surface area (Å²) in [6, 6.07) is 6.09. The smallest absolute Gasteiger partial charge is 0.255 e. The van der Waals surface area contributed by atoms with Crippen LogP contribution >= 0.6 is 0 Å². The summed E-state index contributed by atoms with van der Waals surface area (Å²) in [5.74, 6) is 1.56. The molecule has 2 N–H and O–H groups in total. The molecule has 3 heterocycles. The first-order valence-corrected chi connectivity index (χ1v) is 11.9. The molecule has 2 aliphatic rings. The zero-order chi connectivity index (χ0) is 24.3. The van der Waals surface area contributed by atoms with E-state index in [2.05, 4.69) is 20.2 Å². The van der Waals surface area contributed by atoms with E-state index in [1.807, 2.05) is 26.8 Å². The van der Waals surface area contributed by atoms with E-state index in [9.17, 15) is 14.4 Å². The topological polar surface area (TPSA) is 108 Å². The average molecular weight is 468 g/mol. The molecule has 1 saturated carbocycles. The molecule has 0 bridgehead atoms. The minimum absolute atomic E-state index is 0.137. The van der Waals surface area contributed by atoms with Crippen LogP contribution < -0.4 is 15.6 Å². The Kier molecular flexibility index (Phi) is 7.02. The summed E-state index contributed by atoms with van der Waals surface area (Å²) < 4.78 is 5.77. The molecular weight excluding hydrogens is 434 g/mol. The summed E-state index contributed by atoms with van der Waals surface area (Å²) in [5.41, 5.74) is -0.290. The Morgan fingerprint density at radius 3 is 2.62 bits per heavy atom. The van der Waals surface area contributed by atoms with Crippen molar-refractivity contribution in [2.75, 3.05) is 31.6 Å². The van der Waals surface area contributed by atoms with Crippen molar-refractivity contribution in [3.8, 4) is 5.75 Å². The lowest BCUT2D eigenvalue weighted by Gasteiger charge is -2.48. The van der Waals surface area contributed by atoms with Gasteiger partial charge in [-0.05, 0) is 57.7 Å². The van der Waals surface area contributed by atoms with Crippen LogP contribution in [0.1, 0.15) is 50.4 Å². The fourth-order valence-electron chi connectivity index (χ4n) is 4.41. The van der Waals surface area contributed by atoms with Crippen molar-refractivity contribution >= 4 is 17.6 Å². The summed E-state index contributed by atoms with van der Waals surface area (Å²) in [4.78, 5) is 47.9. The van der Waals surface area contributed by atoms with E-state index < -0.39 is 5.54 Å². The second-order valence-electron chi connectivity index (χ2n) is 9.83. The van der Waals surface area contributed by atoms with Gasteiger partial charge in [0.15, 0.2) is 0 Å². The molecule has 0 radical (unpaired) electrons. The molecule has 1 atom stereocenters. The van der Waals surface area contributed by atoms with E-state index in [1.165, 1.54) is 37.6 Å². The molecule has 0 spiro atoms. The maximum Gasteiger partial charge on any atom is 0.255 e. The number of ether oxygens (including phenoxy) is 1. The monoisotopic (exact) mass is 467 g/mol. The van der Waals surface area contributed by atoms with E-state index in [0.717, 1.165) is 6.61 Å². The average Bonchev–Trinajstić information content (AvgIpc) is 2.78. The SMILES string of the molecule is C[C@H](C(=O)Nc1ccc(OCC2CCC2)cn1)N1CCN(C(=O)c2ccc(=O)[nH]c2)C(C)(C)C1. The molecule has 1 aliphatic heterocycles. The van der Waals surface area contributed by atoms with Crippen LogP contribution in [0.4, 0.5) is 5.82 Å². The predicted molar refractivity (Wildman–Crippen MR) is 129 cm³/mol. The number of nitrogens with one attached hydrogen (secondary N) is 2. The molecule has 182 valence electrons. The first-order valence-electron chi connectivity index (χ1n) is 11.9. The summed E-state index contributed by atoms with van der Waals surface area (Å²) in [6.07, 6.45) is 6.83. The van der Waals surface area contributed by atoms with Crippen molar-refractivity contribution in [2.24, 2.45) is 5.92 Å². The number of piperazine rings is 1. The van der Waals surface area contributed by atoms with Gasteiger partial charge in [-0.25, -0.2) is 4.98 Å². The fraction of sp³-hybridized carbons (Fsp3) is 0.520. The van der Waals surface area contributed by atoms with Gasteiger partial charge in [-0.1, -0.05) is 6.42 Å². The van der Waals surface area contributed by atoms with Crippen LogP contribution in [-0.2, 0) is 4.79 Å². The third-order valence-corrected chi connectivity index (χ3v) is 6.83. The van der Waals surface area contributed by atoms with E-state index in [1.54, 1.807) is 17.2 Å². The van der Waals surface area contributed by atoms with Gasteiger partial charge in [0, 0.05) is 31.9 Å². The van der Waals surface area contributed by atoms with E-state index in [0.29, 0.717) is 42.7 Å². The maximum absolute atomic E-state index is 13.0. The second kappa shape index (κ2) is 9.97. The molecule has 0 aromatic carbocycles. The first kappa shape index (κ1) is 23.9. The third-order valence-electron chi connectivity index (χ3n) is 6.83. The number of carbonyl (C=O) groups excluding carboxylic acids is 2. The molecule has 1 aliphatic carbocycles. The number of aromatic amines is 1. The number of rotatable bonds is 7. The molecule has 4 rings (SSSR count). The summed E-state index contributed by atoms with van der Waals surface area (Å²) in [7, 11) is 0. The number of hydrogen-bond donors (Lipinski definition) is 2. The second-order valence-corrected chi connectivity index (χ2v) is 9.83. The fourth-order valence-corrected chi connectivity index (χ4v) is 4.41. The van der Waals surface area contributed by atoms with Gasteiger partial charge in [-0.2, -0.15) is 0 Å². The first-order chi connectivity index (χ1) is 16.2. The van der Waals surface area contributed by atoms with Gasteiger partial charge in [-0.15, -0.1) is 0 Å². The van der Waals surface area contributed by atoms with Gasteiger partial charge in [0.1, 0.15) is 11.6 Å². The molecule has 9 nitrogen and oxygen atoms in total. The van der Waals surface area contributed by atoms with Crippen molar-refractivity contribution in [1.82, 2.24) is 19.8 Å². The van der Waals surface area contributed by atoms with Crippen molar-refractivity contribution in [2.45, 2.75) is 51.6 Å². The van der Waals surface area contributed by atoms with Crippen molar-refractivity contribution in [3.63, 3.8) is 0 Å². The van der Waals surface area contributed by atoms with E-state index >= 15 is 0 Å². The number of aromatic nitrogens is 2. The van der Waals surface area contributed by atoms with Gasteiger partial charge in [0.05, 0.1) is 29.9 Å². The summed E-state index contributed by atoms with van der Waals surface area (Å²) in [5, 5.41) is 2.88. The summed E-state index contributed by atoms with van der Waals surface area (Å²) >= 11 is 0. The van der Waals surface area contributed by atoms with Crippen LogP contribution in [0.2, 0.25) is 0 Å². The zero-order valence-corrected chi connectivity index (χ0v) is 20.0. The Morgan fingerprint density at radius 1 is 1.24 bits per heavy atom. The van der Waals surface area contributed by atoms with Gasteiger partial charge in [0.25, 0.3) is 5.91 Å². The highest BCUT2D eigenvalue weighted by molar-refractivity contribution is 5.95. The molecule has 34 heavy (non-hydrogen) atoms. The van der Waals surface area contributed by atoms with Gasteiger partial charge >= 0.3 is 0 Å². The Balaban J connectivity index is 1.31. The molecule has 1 saturated heterocycles. The normalized spacial score (nSPS) is 19.2. The summed E-state index contributed by atoms with van der Waals surface area (Å²) in [6.45, 7) is 8.13. The number of nitrogens with zero attached hydrogens (tertiary/aromatic N) is 3. The highest BCUT2D eigenvalue weighted by Gasteiger charge is 2.39. The minimum Gasteiger partial charge on any atom is -0.492 e. The van der Waals surface area contributed by atoms with Crippen molar-refractivity contribution in [3.05, 3.63) is 52.6 Å². The lowest BCUT2D eigenvalue weighted by Crippen LogP contribution is -2.63. The lowest BCUT2D eigenvalue weighted by molar-refractivity contribution is -0.122. The molecule has 9 heteroatoms. The number of carbonyl (C=O) groups is 2. The van der Waals surface area contributed by atoms with Crippen LogP contribution in [0.3, 0.4) is 0 Å². The Morgan fingerprint density at radius 2 is 2.03 bits per heavy atom. The Labute approximate surface area is 199 Å². The molecule has 2 fully saturated rings. The highest BCUT2D eigenvalue weighted by Crippen LogP contribution is 2.27. The zero-order valence-electron chi connectivity index (χ0n) is 20.0. The molecule has 0 unspecified atom stereocenters. The molecule has 2 aromatic heterocycles. The highest BCUT2D eigenvalue weighted by atomic mass is 16.5. The Bertz CT molecular complexity index is 1060. The van der Waals surface area contributed by atoms with Gasteiger partial charge in [0.2, 0.25) is 11.5 Å². The van der Waals surface area contributed by atoms with E-state index in [-0.39, 0.29) is 23.4 Å². The molecular formula is C25H33N5O4. The number of pyridine rings is 2. The number of H-pyrrole nitrogens is 1. The maximum atomic E-state index is 13.0. The Hall–Kier alpha value is -3.20. The van der Waals surface area contributed by atoms with Crippen LogP contribution in [0.15, 0.2) is 41.5 Å².